The van der Waals surface area contributed by atoms with Crippen LogP contribution >= 0.6 is 0 Å². The van der Waals surface area contributed by atoms with Gasteiger partial charge >= 0.3 is 0 Å². The number of aromatic nitrogens is 2. The van der Waals surface area contributed by atoms with Crippen LogP contribution in [0.2, 0.25) is 0 Å². The molecule has 2 heterocycles. The Labute approximate surface area is 114 Å². The van der Waals surface area contributed by atoms with Crippen molar-refractivity contribution in [1.82, 2.24) is 14.7 Å². The number of amides is 2. The monoisotopic (exact) mass is 269 g/mol. The maximum atomic E-state index is 12.2. The highest BCUT2D eigenvalue weighted by molar-refractivity contribution is 6.21. The van der Waals surface area contributed by atoms with Crippen LogP contribution in [0.3, 0.4) is 0 Å². The minimum Gasteiger partial charge on any atom is -0.298 e. The van der Waals surface area contributed by atoms with E-state index in [0.29, 0.717) is 28.7 Å². The van der Waals surface area contributed by atoms with E-state index < -0.39 is 0 Å². The molecular formula is C14H11N3O3. The summed E-state index contributed by atoms with van der Waals surface area (Å²) in [6.07, 6.45) is 2.22. The van der Waals surface area contributed by atoms with Gasteiger partial charge in [-0.25, -0.2) is 0 Å². The van der Waals surface area contributed by atoms with Crippen molar-refractivity contribution in [3.8, 4) is 0 Å². The van der Waals surface area contributed by atoms with Gasteiger partial charge in [0.1, 0.15) is 0 Å². The summed E-state index contributed by atoms with van der Waals surface area (Å²) in [6.45, 7) is 0.00125. The summed E-state index contributed by atoms with van der Waals surface area (Å²) in [7, 11) is 1.68. The molecule has 100 valence electrons. The third-order valence-electron chi connectivity index (χ3n) is 3.25. The standard InChI is InChI=1S/C14H11N3O3/c1-16-6-9(8-18)12(15-16)7-17-13(19)10-4-2-3-5-11(10)14(17)20/h2-6,8H,7H2,1H3. The summed E-state index contributed by atoms with van der Waals surface area (Å²) in [5.74, 6) is -0.707. The predicted octanol–water partition coefficient (Wildman–Crippen LogP) is 1.03. The number of imide groups is 1. The predicted molar refractivity (Wildman–Crippen MR) is 69.2 cm³/mol. The van der Waals surface area contributed by atoms with Crippen molar-refractivity contribution in [3.63, 3.8) is 0 Å². The van der Waals surface area contributed by atoms with E-state index >= 15 is 0 Å². The lowest BCUT2D eigenvalue weighted by molar-refractivity contribution is 0.0639. The molecule has 6 heteroatoms. The smallest absolute Gasteiger partial charge is 0.261 e. The normalized spacial score (nSPS) is 13.8. The highest BCUT2D eigenvalue weighted by atomic mass is 16.2. The second-order valence-corrected chi connectivity index (χ2v) is 4.56. The number of aldehydes is 1. The van der Waals surface area contributed by atoms with Gasteiger partial charge in [-0.1, -0.05) is 12.1 Å². The number of benzene rings is 1. The number of nitrogens with zero attached hydrogens (tertiary/aromatic N) is 3. The van der Waals surface area contributed by atoms with Crippen LogP contribution in [0.4, 0.5) is 0 Å². The molecule has 1 aromatic heterocycles. The molecule has 0 N–H and O–H groups in total. The zero-order chi connectivity index (χ0) is 14.3. The Bertz CT molecular complexity index is 698. The quantitative estimate of drug-likeness (QED) is 0.616. The van der Waals surface area contributed by atoms with Gasteiger partial charge in [0.25, 0.3) is 11.8 Å². The molecule has 0 unspecified atom stereocenters. The van der Waals surface area contributed by atoms with Crippen molar-refractivity contribution >= 4 is 18.1 Å². The zero-order valence-electron chi connectivity index (χ0n) is 10.7. The van der Waals surface area contributed by atoms with Crippen LogP contribution in [0.1, 0.15) is 36.8 Å². The first-order valence-electron chi connectivity index (χ1n) is 6.04. The minimum absolute atomic E-state index is 0.00125. The van der Waals surface area contributed by atoms with Gasteiger partial charge in [-0.2, -0.15) is 5.10 Å². The van der Waals surface area contributed by atoms with E-state index in [4.69, 9.17) is 0 Å². The van der Waals surface area contributed by atoms with Gasteiger partial charge in [-0.3, -0.25) is 24.0 Å². The average molecular weight is 269 g/mol. The number of aryl methyl sites for hydroxylation is 1. The van der Waals surface area contributed by atoms with Crippen molar-refractivity contribution in [2.75, 3.05) is 0 Å². The van der Waals surface area contributed by atoms with E-state index in [2.05, 4.69) is 5.10 Å². The molecule has 0 radical (unpaired) electrons. The van der Waals surface area contributed by atoms with Gasteiger partial charge < -0.3 is 0 Å². The molecule has 1 aliphatic rings. The molecule has 3 rings (SSSR count). The van der Waals surface area contributed by atoms with Crippen molar-refractivity contribution in [3.05, 3.63) is 52.8 Å². The second kappa shape index (κ2) is 4.41. The first kappa shape index (κ1) is 12.3. The van der Waals surface area contributed by atoms with E-state index in [1.807, 2.05) is 0 Å². The van der Waals surface area contributed by atoms with Crippen LogP contribution in [0, 0.1) is 0 Å². The van der Waals surface area contributed by atoms with Crippen LogP contribution < -0.4 is 0 Å². The first-order valence-corrected chi connectivity index (χ1v) is 6.04. The molecule has 2 amide bonds. The molecule has 0 bridgehead atoms. The fourth-order valence-corrected chi connectivity index (χ4v) is 2.31. The van der Waals surface area contributed by atoms with Crippen LogP contribution in [-0.2, 0) is 13.6 Å². The second-order valence-electron chi connectivity index (χ2n) is 4.56. The Morgan fingerprint density at radius 1 is 1.15 bits per heavy atom. The Morgan fingerprint density at radius 2 is 1.75 bits per heavy atom. The Kier molecular flexibility index (Phi) is 2.71. The molecular weight excluding hydrogens is 258 g/mol. The van der Waals surface area contributed by atoms with Gasteiger partial charge in [0.15, 0.2) is 6.29 Å². The van der Waals surface area contributed by atoms with E-state index in [1.54, 1.807) is 37.5 Å². The van der Waals surface area contributed by atoms with Crippen LogP contribution in [0.25, 0.3) is 0 Å². The molecule has 0 spiro atoms. The number of hydrogen-bond donors (Lipinski definition) is 0. The third-order valence-corrected chi connectivity index (χ3v) is 3.25. The average Bonchev–Trinajstić information content (AvgIpc) is 2.93. The maximum Gasteiger partial charge on any atom is 0.261 e. The molecule has 0 aliphatic carbocycles. The summed E-state index contributed by atoms with van der Waals surface area (Å²) < 4.78 is 1.48. The summed E-state index contributed by atoms with van der Waals surface area (Å²) in [5, 5.41) is 4.12. The lowest BCUT2D eigenvalue weighted by Gasteiger charge is -2.12. The molecule has 20 heavy (non-hydrogen) atoms. The number of hydrogen-bond acceptors (Lipinski definition) is 4. The Morgan fingerprint density at radius 3 is 2.30 bits per heavy atom. The third kappa shape index (κ3) is 1.73. The highest BCUT2D eigenvalue weighted by Gasteiger charge is 2.35. The maximum absolute atomic E-state index is 12.2. The van der Waals surface area contributed by atoms with E-state index in [1.165, 1.54) is 4.68 Å². The number of fused-ring (bicyclic) bond motifs is 1. The van der Waals surface area contributed by atoms with Crippen LogP contribution in [0.15, 0.2) is 30.5 Å². The van der Waals surface area contributed by atoms with Gasteiger partial charge in [0.2, 0.25) is 0 Å². The summed E-state index contributed by atoms with van der Waals surface area (Å²) in [6, 6.07) is 6.67. The van der Waals surface area contributed by atoms with Gasteiger partial charge in [0, 0.05) is 13.2 Å². The van der Waals surface area contributed by atoms with Crippen molar-refractivity contribution in [2.45, 2.75) is 6.54 Å². The Balaban J connectivity index is 1.95. The van der Waals surface area contributed by atoms with Crippen molar-refractivity contribution in [1.29, 1.82) is 0 Å². The van der Waals surface area contributed by atoms with Crippen molar-refractivity contribution < 1.29 is 14.4 Å². The fourth-order valence-electron chi connectivity index (χ4n) is 2.31. The molecule has 1 aromatic carbocycles. The van der Waals surface area contributed by atoms with E-state index in [-0.39, 0.29) is 18.4 Å². The Hall–Kier alpha value is -2.76. The fraction of sp³-hybridized carbons (Fsp3) is 0.143. The van der Waals surface area contributed by atoms with Gasteiger partial charge in [0.05, 0.1) is 28.9 Å². The van der Waals surface area contributed by atoms with Crippen molar-refractivity contribution in [2.24, 2.45) is 7.05 Å². The molecule has 6 nitrogen and oxygen atoms in total. The van der Waals surface area contributed by atoms with Gasteiger partial charge in [-0.05, 0) is 12.1 Å². The highest BCUT2D eigenvalue weighted by Crippen LogP contribution is 2.24. The molecule has 0 saturated heterocycles. The SMILES string of the molecule is Cn1cc(C=O)c(CN2C(=O)c3ccccc3C2=O)n1. The topological polar surface area (TPSA) is 72.3 Å². The molecule has 0 atom stereocenters. The number of carbonyl (C=O) groups excluding carboxylic acids is 3. The van der Waals surface area contributed by atoms with Crippen LogP contribution in [0.5, 0.6) is 0 Å². The molecule has 1 aliphatic heterocycles. The number of rotatable bonds is 3. The first-order chi connectivity index (χ1) is 9.61. The molecule has 0 saturated carbocycles. The lowest BCUT2D eigenvalue weighted by Crippen LogP contribution is -2.29. The van der Waals surface area contributed by atoms with E-state index in [9.17, 15) is 14.4 Å². The summed E-state index contributed by atoms with van der Waals surface area (Å²) >= 11 is 0. The molecule has 0 fully saturated rings. The summed E-state index contributed by atoms with van der Waals surface area (Å²) in [4.78, 5) is 36.5. The number of carbonyl (C=O) groups is 3. The van der Waals surface area contributed by atoms with Crippen LogP contribution in [-0.4, -0.2) is 32.8 Å². The minimum atomic E-state index is -0.354. The summed E-state index contributed by atoms with van der Waals surface area (Å²) in [5.41, 5.74) is 1.57. The van der Waals surface area contributed by atoms with Gasteiger partial charge in [-0.15, -0.1) is 0 Å². The van der Waals surface area contributed by atoms with E-state index in [0.717, 1.165) is 4.90 Å². The lowest BCUT2D eigenvalue weighted by atomic mass is 10.1. The largest absolute Gasteiger partial charge is 0.298 e. The molecule has 2 aromatic rings. The zero-order valence-corrected chi connectivity index (χ0v) is 10.7.